The maximum absolute atomic E-state index is 12.9. The van der Waals surface area contributed by atoms with Gasteiger partial charge in [-0.05, 0) is 56.1 Å². The maximum atomic E-state index is 12.9. The lowest BCUT2D eigenvalue weighted by Gasteiger charge is -2.29. The lowest BCUT2D eigenvalue weighted by atomic mass is 10.0. The molecule has 7 nitrogen and oxygen atoms in total. The molecule has 0 aliphatic carbocycles. The van der Waals surface area contributed by atoms with E-state index in [0.29, 0.717) is 31.1 Å². The lowest BCUT2D eigenvalue weighted by Crippen LogP contribution is -2.38. The number of hydrogen-bond acceptors (Lipinski definition) is 6. The molecular weight excluding hydrogens is 426 g/mol. The van der Waals surface area contributed by atoms with E-state index in [1.807, 2.05) is 12.1 Å². The van der Waals surface area contributed by atoms with Crippen LogP contribution < -0.4 is 5.32 Å². The third-order valence-corrected chi connectivity index (χ3v) is 8.22. The van der Waals surface area contributed by atoms with Crippen LogP contribution in [0.1, 0.15) is 55.8 Å². The summed E-state index contributed by atoms with van der Waals surface area (Å²) in [5, 5.41) is 3.24. The van der Waals surface area contributed by atoms with Gasteiger partial charge in [0.15, 0.2) is 5.78 Å². The van der Waals surface area contributed by atoms with Crippen molar-refractivity contribution in [2.24, 2.45) is 5.92 Å². The minimum Gasteiger partial charge on any atom is -0.468 e. The largest absolute Gasteiger partial charge is 0.468 e. The first-order chi connectivity index (χ1) is 15.4. The van der Waals surface area contributed by atoms with Crippen molar-refractivity contribution in [3.8, 4) is 0 Å². The van der Waals surface area contributed by atoms with E-state index in [1.54, 1.807) is 34.8 Å². The molecule has 0 amide bonds. The average molecular weight is 462 g/mol. The number of sulfonamides is 1. The van der Waals surface area contributed by atoms with Gasteiger partial charge in [0.2, 0.25) is 10.0 Å². The van der Waals surface area contributed by atoms with Crippen LogP contribution in [0.25, 0.3) is 0 Å². The highest BCUT2D eigenvalue weighted by atomic mass is 32.2. The molecular formula is C24H35N3O4S. The molecule has 0 radical (unpaired) electrons. The molecule has 32 heavy (non-hydrogen) atoms. The normalized spacial score (nSPS) is 17.0. The molecule has 2 heterocycles. The van der Waals surface area contributed by atoms with E-state index in [1.165, 1.54) is 0 Å². The van der Waals surface area contributed by atoms with Crippen LogP contribution in [0.2, 0.25) is 0 Å². The van der Waals surface area contributed by atoms with Crippen LogP contribution in [-0.4, -0.2) is 62.7 Å². The molecule has 1 aromatic carbocycles. The van der Waals surface area contributed by atoms with Crippen LogP contribution in [0.5, 0.6) is 0 Å². The van der Waals surface area contributed by atoms with E-state index >= 15 is 0 Å². The Labute approximate surface area is 191 Å². The van der Waals surface area contributed by atoms with Crippen LogP contribution in [0, 0.1) is 5.92 Å². The third kappa shape index (κ3) is 5.86. The second kappa shape index (κ2) is 11.2. The highest BCUT2D eigenvalue weighted by molar-refractivity contribution is 7.89. The number of Topliss-reactive ketones (excluding diaryl/α,β-unsaturated/α-hetero) is 1. The highest BCUT2D eigenvalue weighted by Crippen LogP contribution is 2.24. The molecule has 176 valence electrons. The van der Waals surface area contributed by atoms with Gasteiger partial charge in [-0.1, -0.05) is 32.9 Å². The van der Waals surface area contributed by atoms with E-state index in [2.05, 4.69) is 31.0 Å². The van der Waals surface area contributed by atoms with E-state index in [9.17, 15) is 13.2 Å². The second-order valence-electron chi connectivity index (χ2n) is 8.42. The number of ketones is 1. The fourth-order valence-electron chi connectivity index (χ4n) is 4.17. The van der Waals surface area contributed by atoms with Gasteiger partial charge in [-0.3, -0.25) is 9.69 Å². The summed E-state index contributed by atoms with van der Waals surface area (Å²) < 4.78 is 32.9. The summed E-state index contributed by atoms with van der Waals surface area (Å²) in [5.41, 5.74) is 0.501. The Hall–Kier alpha value is -2.00. The van der Waals surface area contributed by atoms with Crippen LogP contribution in [0.3, 0.4) is 0 Å². The Morgan fingerprint density at radius 3 is 2.38 bits per heavy atom. The van der Waals surface area contributed by atoms with Crippen molar-refractivity contribution < 1.29 is 17.6 Å². The maximum Gasteiger partial charge on any atom is 0.243 e. The number of likely N-dealkylation sites (N-methyl/N-ethyl adjacent to an activating group) is 1. The van der Waals surface area contributed by atoms with Crippen molar-refractivity contribution >= 4 is 15.8 Å². The molecule has 1 aromatic heterocycles. The summed E-state index contributed by atoms with van der Waals surface area (Å²) in [6.45, 7) is 9.98. The number of rotatable bonds is 11. The van der Waals surface area contributed by atoms with Crippen molar-refractivity contribution in [1.29, 1.82) is 0 Å². The number of nitrogens with zero attached hydrogens (tertiary/aromatic N) is 2. The van der Waals surface area contributed by atoms with Crippen molar-refractivity contribution in [2.75, 3.05) is 39.3 Å². The van der Waals surface area contributed by atoms with Gasteiger partial charge in [-0.15, -0.1) is 0 Å². The number of furan rings is 1. The molecule has 1 aliphatic heterocycles. The lowest BCUT2D eigenvalue weighted by molar-refractivity contribution is 0.0985. The van der Waals surface area contributed by atoms with E-state index in [0.717, 1.165) is 31.7 Å². The zero-order valence-electron chi connectivity index (χ0n) is 19.3. The molecule has 0 saturated carbocycles. The van der Waals surface area contributed by atoms with Gasteiger partial charge in [0, 0.05) is 25.2 Å². The molecule has 2 aromatic rings. The Morgan fingerprint density at radius 2 is 1.81 bits per heavy atom. The second-order valence-corrected chi connectivity index (χ2v) is 10.4. The molecule has 3 rings (SSSR count). The van der Waals surface area contributed by atoms with Gasteiger partial charge < -0.3 is 9.73 Å². The van der Waals surface area contributed by atoms with Crippen LogP contribution in [0.4, 0.5) is 0 Å². The van der Waals surface area contributed by atoms with Crippen LogP contribution in [0.15, 0.2) is 52.0 Å². The average Bonchev–Trinajstić information content (AvgIpc) is 3.33. The quantitative estimate of drug-likeness (QED) is 0.515. The Morgan fingerprint density at radius 1 is 1.16 bits per heavy atom. The van der Waals surface area contributed by atoms with E-state index in [4.69, 9.17) is 4.42 Å². The molecule has 1 atom stereocenters. The number of benzene rings is 1. The monoisotopic (exact) mass is 461 g/mol. The molecule has 8 heteroatoms. The minimum absolute atomic E-state index is 0.0487. The molecule has 0 bridgehead atoms. The summed E-state index contributed by atoms with van der Waals surface area (Å²) in [6.07, 6.45) is 3.43. The standard InChI is InChI=1S/C24H35N3O4S/c1-4-26(5-2)22(24-7-6-16-31-24)17-25-18-23(28)20-8-10-21(11-9-20)32(29,30)27-14-12-19(3)13-15-27/h6-11,16,19,22,25H,4-5,12-15,17-18H2,1-3H3. The highest BCUT2D eigenvalue weighted by Gasteiger charge is 2.28. The predicted octanol–water partition coefficient (Wildman–Crippen LogP) is 3.56. The van der Waals surface area contributed by atoms with Crippen LogP contribution in [-0.2, 0) is 10.0 Å². The number of hydrogen-bond donors (Lipinski definition) is 1. The Balaban J connectivity index is 1.58. The zero-order valence-corrected chi connectivity index (χ0v) is 20.1. The topological polar surface area (TPSA) is 82.9 Å². The van der Waals surface area contributed by atoms with Crippen LogP contribution >= 0.6 is 0 Å². The molecule has 1 unspecified atom stereocenters. The molecule has 1 fully saturated rings. The van der Waals surface area contributed by atoms with Crippen molar-refractivity contribution in [1.82, 2.24) is 14.5 Å². The molecule has 1 N–H and O–H groups in total. The predicted molar refractivity (Wildman–Crippen MR) is 125 cm³/mol. The SMILES string of the molecule is CCN(CC)C(CNCC(=O)c1ccc(S(=O)(=O)N2CCC(C)CC2)cc1)c1ccco1. The zero-order chi connectivity index (χ0) is 23.1. The first-order valence-electron chi connectivity index (χ1n) is 11.5. The van der Waals surface area contributed by atoms with Gasteiger partial charge in [0.1, 0.15) is 5.76 Å². The van der Waals surface area contributed by atoms with Crippen molar-refractivity contribution in [3.05, 3.63) is 54.0 Å². The van der Waals surface area contributed by atoms with E-state index < -0.39 is 10.0 Å². The summed E-state index contributed by atoms with van der Waals surface area (Å²) in [5.74, 6) is 1.36. The first kappa shape index (κ1) is 24.6. The van der Waals surface area contributed by atoms with Gasteiger partial charge in [0.25, 0.3) is 0 Å². The van der Waals surface area contributed by atoms with Gasteiger partial charge in [-0.2, -0.15) is 4.31 Å². The van der Waals surface area contributed by atoms with Gasteiger partial charge in [-0.25, -0.2) is 8.42 Å². The van der Waals surface area contributed by atoms with Gasteiger partial charge >= 0.3 is 0 Å². The Bertz CT molecular complexity index is 946. The summed E-state index contributed by atoms with van der Waals surface area (Å²) in [4.78, 5) is 15.2. The summed E-state index contributed by atoms with van der Waals surface area (Å²) >= 11 is 0. The number of nitrogens with one attached hydrogen (secondary N) is 1. The third-order valence-electron chi connectivity index (χ3n) is 6.30. The van der Waals surface area contributed by atoms with Gasteiger partial charge in [0.05, 0.1) is 23.7 Å². The molecule has 1 saturated heterocycles. The fourth-order valence-corrected chi connectivity index (χ4v) is 5.64. The fraction of sp³-hybridized carbons (Fsp3) is 0.542. The Kier molecular flexibility index (Phi) is 8.64. The number of carbonyl (C=O) groups is 1. The smallest absolute Gasteiger partial charge is 0.243 e. The number of piperidine rings is 1. The summed E-state index contributed by atoms with van der Waals surface area (Å²) in [6, 6.07) is 10.2. The first-order valence-corrected chi connectivity index (χ1v) is 12.9. The van der Waals surface area contributed by atoms with E-state index in [-0.39, 0.29) is 23.3 Å². The molecule has 0 spiro atoms. The van der Waals surface area contributed by atoms with Crippen molar-refractivity contribution in [2.45, 2.75) is 44.6 Å². The summed E-state index contributed by atoms with van der Waals surface area (Å²) in [7, 11) is -3.51. The minimum atomic E-state index is -3.51. The van der Waals surface area contributed by atoms with Crippen molar-refractivity contribution in [3.63, 3.8) is 0 Å². The number of carbonyl (C=O) groups excluding carboxylic acids is 1. The molecule has 1 aliphatic rings.